The number of benzene rings is 1. The summed E-state index contributed by atoms with van der Waals surface area (Å²) in [7, 11) is -3.56. The fourth-order valence-corrected chi connectivity index (χ4v) is 2.74. The Kier molecular flexibility index (Phi) is 4.21. The van der Waals surface area contributed by atoms with Crippen LogP contribution in [0.4, 0.5) is 0 Å². The predicted molar refractivity (Wildman–Crippen MR) is 84.8 cm³/mol. The lowest BCUT2D eigenvalue weighted by atomic mass is 9.85. The molecule has 124 valence electrons. The molecule has 0 fully saturated rings. The average molecular weight is 328 g/mol. The zero-order valence-corrected chi connectivity index (χ0v) is 14.8. The molecule has 1 unspecified atom stereocenters. The second kappa shape index (κ2) is 5.42. The van der Waals surface area contributed by atoms with Gasteiger partial charge in [0, 0.05) is 23.8 Å². The Morgan fingerprint density at radius 2 is 1.86 bits per heavy atom. The number of hydrogen-bond donors (Lipinski definition) is 0. The Balaban J connectivity index is 2.48. The molecule has 0 aromatic heterocycles. The van der Waals surface area contributed by atoms with Crippen molar-refractivity contribution in [2.24, 2.45) is 5.92 Å². The van der Waals surface area contributed by atoms with Crippen LogP contribution in [0.25, 0.3) is 0 Å². The largest absolute Gasteiger partial charge is 0.462 e. The molecular formula is C16H24O5S. The lowest BCUT2D eigenvalue weighted by Gasteiger charge is -2.33. The SMILES string of the molecule is CC(C)C1(C)OCC(C)(C)c2cc(OS(C)(=O)=O)ccc2O1. The summed E-state index contributed by atoms with van der Waals surface area (Å²) in [4.78, 5) is 0. The topological polar surface area (TPSA) is 61.8 Å². The first-order valence-corrected chi connectivity index (χ1v) is 9.11. The van der Waals surface area contributed by atoms with E-state index in [9.17, 15) is 8.42 Å². The Bertz CT molecular complexity index is 663. The van der Waals surface area contributed by atoms with E-state index in [1.54, 1.807) is 18.2 Å². The molecular weight excluding hydrogens is 304 g/mol. The van der Waals surface area contributed by atoms with Crippen molar-refractivity contribution >= 4 is 10.1 Å². The van der Waals surface area contributed by atoms with Crippen molar-refractivity contribution in [2.75, 3.05) is 12.9 Å². The Labute approximate surface area is 132 Å². The van der Waals surface area contributed by atoms with E-state index < -0.39 is 15.9 Å². The molecule has 1 heterocycles. The van der Waals surface area contributed by atoms with E-state index in [4.69, 9.17) is 13.7 Å². The van der Waals surface area contributed by atoms with Crippen molar-refractivity contribution in [1.29, 1.82) is 0 Å². The molecule has 0 radical (unpaired) electrons. The third-order valence-electron chi connectivity index (χ3n) is 4.01. The molecule has 6 heteroatoms. The highest BCUT2D eigenvalue weighted by Gasteiger charge is 2.40. The van der Waals surface area contributed by atoms with E-state index in [1.165, 1.54) is 0 Å². The number of hydrogen-bond acceptors (Lipinski definition) is 5. The molecule has 0 spiro atoms. The van der Waals surface area contributed by atoms with Crippen molar-refractivity contribution in [3.05, 3.63) is 23.8 Å². The standard InChI is InChI=1S/C16H24O5S/c1-11(2)16(5)19-10-15(3,4)13-9-12(21-22(6,17)18)7-8-14(13)20-16/h7-9,11H,10H2,1-6H3. The molecule has 1 aromatic rings. The van der Waals surface area contributed by atoms with Gasteiger partial charge >= 0.3 is 10.1 Å². The van der Waals surface area contributed by atoms with E-state index in [0.29, 0.717) is 12.4 Å². The highest BCUT2D eigenvalue weighted by atomic mass is 32.2. The summed E-state index contributed by atoms with van der Waals surface area (Å²) in [5.74, 6) is 0.425. The van der Waals surface area contributed by atoms with E-state index in [0.717, 1.165) is 11.8 Å². The van der Waals surface area contributed by atoms with Gasteiger partial charge in [-0.05, 0) is 18.2 Å². The average Bonchev–Trinajstić information content (AvgIpc) is 2.45. The molecule has 1 aliphatic rings. The summed E-state index contributed by atoms with van der Waals surface area (Å²) in [6, 6.07) is 5.06. The molecule has 0 bridgehead atoms. The molecule has 0 aliphatic carbocycles. The summed E-state index contributed by atoms with van der Waals surface area (Å²) in [6.07, 6.45) is 1.03. The zero-order valence-electron chi connectivity index (χ0n) is 14.0. The summed E-state index contributed by atoms with van der Waals surface area (Å²) in [5.41, 5.74) is 0.553. The molecule has 0 saturated heterocycles. The molecule has 0 saturated carbocycles. The van der Waals surface area contributed by atoms with Crippen LogP contribution < -0.4 is 8.92 Å². The van der Waals surface area contributed by atoms with Gasteiger partial charge < -0.3 is 13.7 Å². The first-order valence-electron chi connectivity index (χ1n) is 7.30. The zero-order chi connectivity index (χ0) is 16.8. The van der Waals surface area contributed by atoms with Crippen molar-refractivity contribution in [3.8, 4) is 11.5 Å². The second-order valence-electron chi connectivity index (χ2n) is 6.89. The Hall–Kier alpha value is -1.27. The molecule has 22 heavy (non-hydrogen) atoms. The third-order valence-corrected chi connectivity index (χ3v) is 4.50. The number of ether oxygens (including phenoxy) is 2. The number of fused-ring (bicyclic) bond motifs is 1. The summed E-state index contributed by atoms with van der Waals surface area (Å²) < 4.78 is 39.7. The van der Waals surface area contributed by atoms with Crippen LogP contribution >= 0.6 is 0 Å². The van der Waals surface area contributed by atoms with Crippen LogP contribution in [0.5, 0.6) is 11.5 Å². The predicted octanol–water partition coefficient (Wildman–Crippen LogP) is 3.08. The smallest absolute Gasteiger partial charge is 0.306 e. The first-order chi connectivity index (χ1) is 9.93. The van der Waals surface area contributed by atoms with Gasteiger partial charge in [-0.3, -0.25) is 0 Å². The third kappa shape index (κ3) is 3.55. The van der Waals surface area contributed by atoms with E-state index in [-0.39, 0.29) is 17.1 Å². The minimum atomic E-state index is -3.56. The maximum Gasteiger partial charge on any atom is 0.306 e. The Morgan fingerprint density at radius 1 is 1.23 bits per heavy atom. The molecule has 5 nitrogen and oxygen atoms in total. The molecule has 2 rings (SSSR count). The molecule has 1 aliphatic heterocycles. The minimum Gasteiger partial charge on any atom is -0.462 e. The van der Waals surface area contributed by atoms with Crippen LogP contribution in [0.15, 0.2) is 18.2 Å². The highest BCUT2D eigenvalue weighted by molar-refractivity contribution is 7.86. The van der Waals surface area contributed by atoms with Crippen molar-refractivity contribution in [2.45, 2.75) is 45.8 Å². The monoisotopic (exact) mass is 328 g/mol. The van der Waals surface area contributed by atoms with Gasteiger partial charge in [-0.15, -0.1) is 0 Å². The molecule has 1 aromatic carbocycles. The van der Waals surface area contributed by atoms with Crippen LogP contribution in [0, 0.1) is 5.92 Å². The van der Waals surface area contributed by atoms with Crippen molar-refractivity contribution in [1.82, 2.24) is 0 Å². The van der Waals surface area contributed by atoms with Gasteiger partial charge in [0.1, 0.15) is 11.5 Å². The Morgan fingerprint density at radius 3 is 2.41 bits per heavy atom. The van der Waals surface area contributed by atoms with Gasteiger partial charge in [0.05, 0.1) is 12.9 Å². The van der Waals surface area contributed by atoms with Gasteiger partial charge in [0.25, 0.3) is 0 Å². The van der Waals surface area contributed by atoms with Gasteiger partial charge in [0.15, 0.2) is 0 Å². The van der Waals surface area contributed by atoms with Gasteiger partial charge in [-0.25, -0.2) is 0 Å². The van der Waals surface area contributed by atoms with Crippen LogP contribution in [-0.2, 0) is 20.3 Å². The van der Waals surface area contributed by atoms with Gasteiger partial charge in [-0.2, -0.15) is 8.42 Å². The quantitative estimate of drug-likeness (QED) is 0.798. The highest BCUT2D eigenvalue weighted by Crippen LogP contribution is 2.42. The first kappa shape index (κ1) is 17.1. The molecule has 0 amide bonds. The fraction of sp³-hybridized carbons (Fsp3) is 0.625. The van der Waals surface area contributed by atoms with E-state index in [1.807, 2.05) is 34.6 Å². The normalized spacial score (nSPS) is 24.3. The second-order valence-corrected chi connectivity index (χ2v) is 8.47. The van der Waals surface area contributed by atoms with Crippen molar-refractivity contribution < 1.29 is 22.1 Å². The van der Waals surface area contributed by atoms with Crippen LogP contribution in [0.1, 0.15) is 40.2 Å². The number of rotatable bonds is 3. The maximum atomic E-state index is 11.3. The lowest BCUT2D eigenvalue weighted by Crippen LogP contribution is -2.41. The van der Waals surface area contributed by atoms with E-state index >= 15 is 0 Å². The van der Waals surface area contributed by atoms with Gasteiger partial charge in [-0.1, -0.05) is 27.7 Å². The molecule has 0 N–H and O–H groups in total. The molecule has 1 atom stereocenters. The van der Waals surface area contributed by atoms with Crippen LogP contribution in [0.3, 0.4) is 0 Å². The maximum absolute atomic E-state index is 11.3. The summed E-state index contributed by atoms with van der Waals surface area (Å²) >= 11 is 0. The van der Waals surface area contributed by atoms with Crippen molar-refractivity contribution in [3.63, 3.8) is 0 Å². The minimum absolute atomic E-state index is 0.168. The fourth-order valence-electron chi connectivity index (χ4n) is 2.29. The summed E-state index contributed by atoms with van der Waals surface area (Å²) in [5, 5.41) is 0. The summed E-state index contributed by atoms with van der Waals surface area (Å²) in [6.45, 7) is 10.5. The van der Waals surface area contributed by atoms with Gasteiger partial charge in [0.2, 0.25) is 5.79 Å². The van der Waals surface area contributed by atoms with Crippen LogP contribution in [0.2, 0.25) is 0 Å². The lowest BCUT2D eigenvalue weighted by molar-refractivity contribution is -0.198. The van der Waals surface area contributed by atoms with E-state index in [2.05, 4.69) is 0 Å². The van der Waals surface area contributed by atoms with Crippen LogP contribution in [-0.4, -0.2) is 27.1 Å².